The van der Waals surface area contributed by atoms with Crippen molar-refractivity contribution in [2.45, 2.75) is 19.5 Å². The Labute approximate surface area is 170 Å². The Bertz CT molecular complexity index is 1040. The van der Waals surface area contributed by atoms with Crippen molar-refractivity contribution >= 4 is 22.7 Å². The predicted octanol–water partition coefficient (Wildman–Crippen LogP) is 1.97. The number of benzene rings is 2. The number of carbonyl (C=O) groups excluding carboxylic acids is 2. The molecule has 4 rings (SSSR count). The fraction of sp³-hybridized carbons (Fsp3) is 0.304. The summed E-state index contributed by atoms with van der Waals surface area (Å²) in [6, 6.07) is 16.5. The number of hydrogen-bond donors (Lipinski definition) is 2. The van der Waals surface area contributed by atoms with Gasteiger partial charge in [-0.15, -0.1) is 0 Å². The Kier molecular flexibility index (Phi) is 5.62. The molecule has 150 valence electrons. The molecule has 3 aromatic rings. The van der Waals surface area contributed by atoms with Gasteiger partial charge in [0.15, 0.2) is 0 Å². The molecule has 0 atom stereocenters. The van der Waals surface area contributed by atoms with Crippen molar-refractivity contribution in [3.63, 3.8) is 0 Å². The molecule has 6 nitrogen and oxygen atoms in total. The fourth-order valence-electron chi connectivity index (χ4n) is 3.83. The molecular formula is C23H26N4O2. The highest BCUT2D eigenvalue weighted by Crippen LogP contribution is 2.18. The maximum atomic E-state index is 12.1. The average molecular weight is 390 g/mol. The van der Waals surface area contributed by atoms with E-state index in [1.165, 1.54) is 11.1 Å². The minimum absolute atomic E-state index is 0.330. The Morgan fingerprint density at radius 1 is 1.00 bits per heavy atom. The quantitative estimate of drug-likeness (QED) is 0.655. The molecule has 1 aromatic heterocycles. The van der Waals surface area contributed by atoms with Crippen LogP contribution < -0.4 is 10.6 Å². The molecule has 0 radical (unpaired) electrons. The number of nitrogens with one attached hydrogen (secondary N) is 2. The van der Waals surface area contributed by atoms with Crippen LogP contribution in [0.25, 0.3) is 10.9 Å². The van der Waals surface area contributed by atoms with E-state index in [9.17, 15) is 9.59 Å². The highest BCUT2D eigenvalue weighted by atomic mass is 16.2. The van der Waals surface area contributed by atoms with Gasteiger partial charge in [0, 0.05) is 51.5 Å². The number of amides is 2. The van der Waals surface area contributed by atoms with Crippen LogP contribution in [0.4, 0.5) is 0 Å². The first-order valence-corrected chi connectivity index (χ1v) is 9.99. The molecule has 0 fully saturated rings. The number of fused-ring (bicyclic) bond motifs is 2. The Hall–Kier alpha value is -3.12. The topological polar surface area (TPSA) is 66.4 Å². The number of aryl methyl sites for hydroxylation is 1. The van der Waals surface area contributed by atoms with E-state index in [4.69, 9.17) is 0 Å². The van der Waals surface area contributed by atoms with E-state index in [0.717, 1.165) is 42.5 Å². The largest absolute Gasteiger partial charge is 0.351 e. The number of aromatic nitrogens is 1. The molecule has 1 aliphatic rings. The second-order valence-corrected chi connectivity index (χ2v) is 7.55. The summed E-state index contributed by atoms with van der Waals surface area (Å²) in [5, 5.41) is 6.58. The van der Waals surface area contributed by atoms with E-state index in [1.54, 1.807) is 0 Å². The third-order valence-corrected chi connectivity index (χ3v) is 5.54. The van der Waals surface area contributed by atoms with Crippen molar-refractivity contribution in [2.75, 3.05) is 19.6 Å². The first-order chi connectivity index (χ1) is 14.1. The smallest absolute Gasteiger partial charge is 0.309 e. The van der Waals surface area contributed by atoms with Crippen LogP contribution in [0.2, 0.25) is 0 Å². The number of hydrogen-bond acceptors (Lipinski definition) is 3. The van der Waals surface area contributed by atoms with E-state index < -0.39 is 11.8 Å². The van der Waals surface area contributed by atoms with E-state index >= 15 is 0 Å². The van der Waals surface area contributed by atoms with Gasteiger partial charge in [0.25, 0.3) is 0 Å². The van der Waals surface area contributed by atoms with E-state index in [2.05, 4.69) is 39.8 Å². The minimum Gasteiger partial charge on any atom is -0.351 e. The molecule has 0 spiro atoms. The van der Waals surface area contributed by atoms with Crippen LogP contribution in [-0.4, -0.2) is 40.9 Å². The lowest BCUT2D eigenvalue weighted by molar-refractivity contribution is -0.139. The normalized spacial score (nSPS) is 13.8. The van der Waals surface area contributed by atoms with Gasteiger partial charge in [0.2, 0.25) is 0 Å². The molecule has 0 aliphatic carbocycles. The maximum absolute atomic E-state index is 12.1. The molecule has 1 aliphatic heterocycles. The first-order valence-electron chi connectivity index (χ1n) is 9.99. The second-order valence-electron chi connectivity index (χ2n) is 7.55. The molecule has 2 aromatic carbocycles. The number of nitrogens with zero attached hydrogens (tertiary/aromatic N) is 2. The van der Waals surface area contributed by atoms with Crippen molar-refractivity contribution in [1.82, 2.24) is 20.1 Å². The molecule has 2 heterocycles. The van der Waals surface area contributed by atoms with Crippen molar-refractivity contribution in [3.8, 4) is 0 Å². The minimum atomic E-state index is -0.596. The highest BCUT2D eigenvalue weighted by molar-refractivity contribution is 6.35. The summed E-state index contributed by atoms with van der Waals surface area (Å²) in [5.41, 5.74) is 4.82. The predicted molar refractivity (Wildman–Crippen MR) is 113 cm³/mol. The Balaban J connectivity index is 1.21. The first kappa shape index (κ1) is 19.2. The summed E-state index contributed by atoms with van der Waals surface area (Å²) in [6.45, 7) is 3.39. The zero-order chi connectivity index (χ0) is 20.2. The van der Waals surface area contributed by atoms with Gasteiger partial charge in [0.05, 0.1) is 0 Å². The molecule has 0 unspecified atom stereocenters. The zero-order valence-electron chi connectivity index (χ0n) is 16.6. The Morgan fingerprint density at radius 3 is 2.66 bits per heavy atom. The molecule has 6 heteroatoms. The summed E-state index contributed by atoms with van der Waals surface area (Å²) in [7, 11) is 1.99. The maximum Gasteiger partial charge on any atom is 0.309 e. The van der Waals surface area contributed by atoms with E-state index in [0.29, 0.717) is 13.1 Å². The summed E-state index contributed by atoms with van der Waals surface area (Å²) in [5.74, 6) is -1.18. The van der Waals surface area contributed by atoms with Gasteiger partial charge in [-0.2, -0.15) is 0 Å². The van der Waals surface area contributed by atoms with Gasteiger partial charge < -0.3 is 15.2 Å². The lowest BCUT2D eigenvalue weighted by Crippen LogP contribution is -2.43. The van der Waals surface area contributed by atoms with Gasteiger partial charge in [-0.25, -0.2) is 0 Å². The Morgan fingerprint density at radius 2 is 1.79 bits per heavy atom. The third-order valence-electron chi connectivity index (χ3n) is 5.54. The summed E-state index contributed by atoms with van der Waals surface area (Å²) < 4.78 is 2.03. The van der Waals surface area contributed by atoms with Crippen molar-refractivity contribution in [2.24, 2.45) is 7.05 Å². The molecule has 29 heavy (non-hydrogen) atoms. The highest BCUT2D eigenvalue weighted by Gasteiger charge is 2.17. The van der Waals surface area contributed by atoms with Gasteiger partial charge >= 0.3 is 11.8 Å². The molecule has 2 N–H and O–H groups in total. The summed E-state index contributed by atoms with van der Waals surface area (Å²) in [4.78, 5) is 26.5. The molecule has 0 bridgehead atoms. The third kappa shape index (κ3) is 4.49. The van der Waals surface area contributed by atoms with Crippen LogP contribution in [0.1, 0.15) is 16.7 Å². The molecular weight excluding hydrogens is 364 g/mol. The fourth-order valence-corrected chi connectivity index (χ4v) is 3.83. The SMILES string of the molecule is Cn1ccc2ccc(CNC(=O)C(=O)NCCN3CCc4ccccc4C3)cc21. The van der Waals surface area contributed by atoms with Crippen molar-refractivity contribution < 1.29 is 9.59 Å². The van der Waals surface area contributed by atoms with Crippen LogP contribution in [-0.2, 0) is 36.1 Å². The molecule has 2 amide bonds. The van der Waals surface area contributed by atoms with Crippen LogP contribution >= 0.6 is 0 Å². The van der Waals surface area contributed by atoms with Gasteiger partial charge in [0.1, 0.15) is 0 Å². The van der Waals surface area contributed by atoms with Crippen LogP contribution in [0.3, 0.4) is 0 Å². The van der Waals surface area contributed by atoms with Crippen molar-refractivity contribution in [3.05, 3.63) is 71.4 Å². The van der Waals surface area contributed by atoms with E-state index in [-0.39, 0.29) is 0 Å². The number of carbonyl (C=O) groups is 2. The van der Waals surface area contributed by atoms with Crippen LogP contribution in [0.15, 0.2) is 54.7 Å². The van der Waals surface area contributed by atoms with Crippen LogP contribution in [0, 0.1) is 0 Å². The lowest BCUT2D eigenvalue weighted by Gasteiger charge is -2.28. The van der Waals surface area contributed by atoms with Crippen LogP contribution in [0.5, 0.6) is 0 Å². The molecule has 0 saturated heterocycles. The molecule has 0 saturated carbocycles. The second kappa shape index (κ2) is 8.49. The monoisotopic (exact) mass is 390 g/mol. The standard InChI is InChI=1S/C23H26N4O2/c1-26-11-8-19-7-6-17(14-21(19)26)15-25-23(29)22(28)24-10-13-27-12-9-18-4-2-3-5-20(18)16-27/h2-8,11,14H,9-10,12-13,15-16H2,1H3,(H,24,28)(H,25,29). The summed E-state index contributed by atoms with van der Waals surface area (Å²) >= 11 is 0. The van der Waals surface area contributed by atoms with Crippen molar-refractivity contribution in [1.29, 1.82) is 0 Å². The summed E-state index contributed by atoms with van der Waals surface area (Å²) in [6.07, 6.45) is 3.03. The zero-order valence-corrected chi connectivity index (χ0v) is 16.6. The average Bonchev–Trinajstić information content (AvgIpc) is 3.12. The van der Waals surface area contributed by atoms with E-state index in [1.807, 2.05) is 42.1 Å². The lowest BCUT2D eigenvalue weighted by atomic mass is 10.00. The van der Waals surface area contributed by atoms with Gasteiger partial charge in [-0.1, -0.05) is 36.4 Å². The van der Waals surface area contributed by atoms with Gasteiger partial charge in [-0.05, 0) is 40.6 Å². The number of rotatable bonds is 5. The van der Waals surface area contributed by atoms with Gasteiger partial charge in [-0.3, -0.25) is 14.5 Å².